The van der Waals surface area contributed by atoms with Gasteiger partial charge in [0.25, 0.3) is 0 Å². The van der Waals surface area contributed by atoms with E-state index in [2.05, 4.69) is 130 Å². The maximum atomic E-state index is 13.2. The summed E-state index contributed by atoms with van der Waals surface area (Å²) in [5.41, 5.74) is 0. The van der Waals surface area contributed by atoms with Gasteiger partial charge in [0.1, 0.15) is 18.8 Å². The number of aliphatic carboxylic acids is 1. The van der Waals surface area contributed by atoms with Crippen LogP contribution in [0.5, 0.6) is 0 Å². The van der Waals surface area contributed by atoms with Crippen LogP contribution in [0.2, 0.25) is 0 Å². The van der Waals surface area contributed by atoms with Crippen molar-refractivity contribution >= 4 is 23.9 Å². The first kappa shape index (κ1) is 73.6. The Morgan fingerprint density at radius 3 is 1.30 bits per heavy atom. The zero-order chi connectivity index (χ0) is 58.9. The standard InChI is InChI=1S/C69H106O12/c1-4-7-10-13-16-19-22-25-28-30-31-33-35-37-40-43-46-49-52-55-61(70)77-58-60(79-62(71)56-53-50-47-44-41-39-36-32-29-26-23-20-17-14-11-8-5-2)59-78-69-67(65(74)64(73)66(81-69)68(75)76)80-63(72)57-54-51-48-45-42-38-34-27-24-21-18-15-12-9-6-3/h7,9-10,12,16,18-19,21,25-29,31,33-34,37,40,42,45-46,49,51,54,60,64-67,69,73-74H,4-6,8,11,13-15,17,20,22-24,30,32,35-36,38-39,41,43-44,47-48,50,52-53,55-59H2,1-3H3,(H,75,76)/b10-7-,12-9-,19-16-,21-18-,28-25-,29-26-,33-31-,34-27-,40-37-,45-42-,49-46-,54-51-. The minimum atomic E-state index is -1.95. The number of allylic oxidation sites excluding steroid dienone is 23. The van der Waals surface area contributed by atoms with Gasteiger partial charge in [-0.3, -0.25) is 14.4 Å². The van der Waals surface area contributed by atoms with Crippen LogP contribution in [-0.4, -0.2) is 89.2 Å². The molecule has 0 amide bonds. The van der Waals surface area contributed by atoms with Crippen molar-refractivity contribution < 1.29 is 58.2 Å². The highest BCUT2D eigenvalue weighted by Gasteiger charge is 2.50. The summed E-state index contributed by atoms with van der Waals surface area (Å²) in [5, 5.41) is 31.5. The summed E-state index contributed by atoms with van der Waals surface area (Å²) < 4.78 is 28.2. The van der Waals surface area contributed by atoms with Gasteiger partial charge < -0.3 is 39.0 Å². The van der Waals surface area contributed by atoms with Gasteiger partial charge in [0.2, 0.25) is 0 Å². The second-order valence-corrected chi connectivity index (χ2v) is 20.2. The maximum Gasteiger partial charge on any atom is 0.335 e. The molecule has 81 heavy (non-hydrogen) atoms. The van der Waals surface area contributed by atoms with Crippen LogP contribution in [0.3, 0.4) is 0 Å². The maximum absolute atomic E-state index is 13.2. The highest BCUT2D eigenvalue weighted by molar-refractivity contribution is 5.74. The molecule has 12 nitrogen and oxygen atoms in total. The molecule has 1 heterocycles. The molecule has 0 aromatic rings. The van der Waals surface area contributed by atoms with E-state index in [1.165, 1.54) is 57.8 Å². The Morgan fingerprint density at radius 1 is 0.432 bits per heavy atom. The molecule has 1 fully saturated rings. The zero-order valence-electron chi connectivity index (χ0n) is 50.0. The Morgan fingerprint density at radius 2 is 0.840 bits per heavy atom. The Bertz CT molecular complexity index is 1960. The number of ether oxygens (including phenoxy) is 5. The molecule has 0 spiro atoms. The Kier molecular flexibility index (Phi) is 50.1. The Hall–Kier alpha value is -5.40. The van der Waals surface area contributed by atoms with E-state index < -0.39 is 67.3 Å². The molecule has 454 valence electrons. The van der Waals surface area contributed by atoms with Gasteiger partial charge in [0.15, 0.2) is 24.6 Å². The highest BCUT2D eigenvalue weighted by atomic mass is 16.7. The minimum absolute atomic E-state index is 0.0751. The van der Waals surface area contributed by atoms with Gasteiger partial charge in [-0.1, -0.05) is 231 Å². The van der Waals surface area contributed by atoms with Gasteiger partial charge in [-0.2, -0.15) is 0 Å². The number of carboxylic acids is 1. The molecule has 0 bridgehead atoms. The van der Waals surface area contributed by atoms with Crippen molar-refractivity contribution in [1.29, 1.82) is 0 Å². The van der Waals surface area contributed by atoms with E-state index >= 15 is 0 Å². The largest absolute Gasteiger partial charge is 0.479 e. The molecule has 12 heteroatoms. The molecule has 0 saturated carbocycles. The Balaban J connectivity index is 2.79. The number of rotatable bonds is 50. The lowest BCUT2D eigenvalue weighted by atomic mass is 9.98. The fourth-order valence-corrected chi connectivity index (χ4v) is 8.29. The van der Waals surface area contributed by atoms with Crippen molar-refractivity contribution in [2.24, 2.45) is 0 Å². The smallest absolute Gasteiger partial charge is 0.335 e. The summed E-state index contributed by atoms with van der Waals surface area (Å²) in [6.07, 6.45) is 67.1. The number of aliphatic hydroxyl groups is 2. The molecule has 1 aliphatic heterocycles. The number of esters is 3. The van der Waals surface area contributed by atoms with Gasteiger partial charge >= 0.3 is 23.9 Å². The number of carboxylic acid groups (broad SMARTS) is 1. The molecule has 3 N–H and O–H groups in total. The van der Waals surface area contributed by atoms with Gasteiger partial charge in [0, 0.05) is 12.8 Å². The fraction of sp³-hybridized carbons (Fsp3) is 0.594. The van der Waals surface area contributed by atoms with Crippen LogP contribution < -0.4 is 0 Å². The molecule has 0 aromatic heterocycles. The number of aliphatic hydroxyl groups excluding tert-OH is 2. The predicted octanol–water partition coefficient (Wildman–Crippen LogP) is 16.3. The molecule has 1 aliphatic rings. The summed E-state index contributed by atoms with van der Waals surface area (Å²) in [5.74, 6) is -3.42. The summed E-state index contributed by atoms with van der Waals surface area (Å²) in [6.45, 7) is 5.64. The van der Waals surface area contributed by atoms with E-state index in [1.54, 1.807) is 12.2 Å². The summed E-state index contributed by atoms with van der Waals surface area (Å²) in [4.78, 5) is 51.1. The first-order chi connectivity index (χ1) is 39.6. The number of carbonyl (C=O) groups is 4. The van der Waals surface area contributed by atoms with Gasteiger partial charge in [0.05, 0.1) is 13.0 Å². The molecule has 1 saturated heterocycles. The third-order valence-corrected chi connectivity index (χ3v) is 12.9. The highest BCUT2D eigenvalue weighted by Crippen LogP contribution is 2.26. The summed E-state index contributed by atoms with van der Waals surface area (Å²) >= 11 is 0. The molecule has 0 radical (unpaired) electrons. The molecule has 0 aromatic carbocycles. The third-order valence-electron chi connectivity index (χ3n) is 12.9. The van der Waals surface area contributed by atoms with Crippen molar-refractivity contribution in [2.45, 2.75) is 250 Å². The predicted molar refractivity (Wildman–Crippen MR) is 330 cm³/mol. The monoisotopic (exact) mass is 1130 g/mol. The quantitative estimate of drug-likeness (QED) is 0.0228. The number of hydrogen-bond donors (Lipinski definition) is 3. The Labute approximate surface area is 489 Å². The first-order valence-corrected chi connectivity index (χ1v) is 30.8. The van der Waals surface area contributed by atoms with Crippen LogP contribution in [0.25, 0.3) is 0 Å². The van der Waals surface area contributed by atoms with Crippen LogP contribution in [0, 0.1) is 0 Å². The van der Waals surface area contributed by atoms with Crippen molar-refractivity contribution in [2.75, 3.05) is 13.2 Å². The normalized spacial score (nSPS) is 18.8. The van der Waals surface area contributed by atoms with E-state index in [4.69, 9.17) is 23.7 Å². The van der Waals surface area contributed by atoms with Crippen molar-refractivity contribution in [3.05, 3.63) is 146 Å². The lowest BCUT2D eigenvalue weighted by Gasteiger charge is -2.40. The van der Waals surface area contributed by atoms with E-state index in [0.29, 0.717) is 25.7 Å². The van der Waals surface area contributed by atoms with Crippen LogP contribution in [0.15, 0.2) is 146 Å². The number of unbranched alkanes of at least 4 members (excludes halogenated alkanes) is 13. The van der Waals surface area contributed by atoms with Crippen molar-refractivity contribution in [1.82, 2.24) is 0 Å². The zero-order valence-corrected chi connectivity index (χ0v) is 50.0. The van der Waals surface area contributed by atoms with Gasteiger partial charge in [-0.15, -0.1) is 0 Å². The molecular weight excluding hydrogens is 1020 g/mol. The average Bonchev–Trinajstić information content (AvgIpc) is 3.53. The molecule has 0 aliphatic carbocycles. The summed E-state index contributed by atoms with van der Waals surface area (Å²) in [6, 6.07) is 0. The van der Waals surface area contributed by atoms with E-state index in [0.717, 1.165) is 89.9 Å². The van der Waals surface area contributed by atoms with Crippen molar-refractivity contribution in [3.8, 4) is 0 Å². The van der Waals surface area contributed by atoms with E-state index in [-0.39, 0.29) is 25.9 Å². The fourth-order valence-electron chi connectivity index (χ4n) is 8.29. The molecule has 6 unspecified atom stereocenters. The number of hydrogen-bond acceptors (Lipinski definition) is 11. The minimum Gasteiger partial charge on any atom is -0.479 e. The van der Waals surface area contributed by atoms with Crippen LogP contribution >= 0.6 is 0 Å². The summed E-state index contributed by atoms with van der Waals surface area (Å²) in [7, 11) is 0. The molecule has 1 rings (SSSR count). The van der Waals surface area contributed by atoms with E-state index in [1.807, 2.05) is 24.3 Å². The average molecular weight is 1130 g/mol. The molecular formula is C69H106O12. The lowest BCUT2D eigenvalue weighted by molar-refractivity contribution is -0.301. The lowest BCUT2D eigenvalue weighted by Crippen LogP contribution is -2.61. The van der Waals surface area contributed by atoms with Gasteiger partial charge in [-0.05, 0) is 109 Å². The van der Waals surface area contributed by atoms with Gasteiger partial charge in [-0.25, -0.2) is 4.79 Å². The number of carbonyl (C=O) groups excluding carboxylic acids is 3. The van der Waals surface area contributed by atoms with Crippen LogP contribution in [0.4, 0.5) is 0 Å². The second-order valence-electron chi connectivity index (χ2n) is 20.2. The second kappa shape index (κ2) is 55.2. The van der Waals surface area contributed by atoms with Crippen LogP contribution in [-0.2, 0) is 42.9 Å². The van der Waals surface area contributed by atoms with Crippen molar-refractivity contribution in [3.63, 3.8) is 0 Å². The van der Waals surface area contributed by atoms with Crippen LogP contribution in [0.1, 0.15) is 213 Å². The molecule has 6 atom stereocenters. The third kappa shape index (κ3) is 44.9. The topological polar surface area (TPSA) is 175 Å². The van der Waals surface area contributed by atoms with E-state index in [9.17, 15) is 34.5 Å². The SMILES string of the molecule is CC/C=C\C/C=C\C/C=C\C/C=C\C/C=C\C/C=C\CCC(=O)OCC(COC1OC(C(=O)O)C(O)C(O)C1OC(=O)C/C=C\C/C=C\C/C=C\C/C=C\C/C=C\CC)OC(=O)CCCCCCCCC/C=C\CCCCCCCC. The first-order valence-electron chi connectivity index (χ1n) is 30.8.